The van der Waals surface area contributed by atoms with Crippen molar-refractivity contribution in [3.8, 4) is 5.75 Å². The molecule has 8 heteroatoms. The molecule has 1 aliphatic heterocycles. The highest BCUT2D eigenvalue weighted by Gasteiger charge is 2.31. The summed E-state index contributed by atoms with van der Waals surface area (Å²) in [7, 11) is 0. The zero-order valence-corrected chi connectivity index (χ0v) is 11.7. The summed E-state index contributed by atoms with van der Waals surface area (Å²) in [5, 5.41) is 11.5. The molecule has 0 spiro atoms. The molecule has 6 nitrogen and oxygen atoms in total. The van der Waals surface area contributed by atoms with E-state index < -0.39 is 31.0 Å². The monoisotopic (exact) mass is 314 g/mol. The zero-order chi connectivity index (χ0) is 16.1. The molecule has 0 aliphatic carbocycles. The summed E-state index contributed by atoms with van der Waals surface area (Å²) in [6.45, 7) is -0.304. The van der Waals surface area contributed by atoms with Crippen molar-refractivity contribution in [2.24, 2.45) is 5.92 Å². The van der Waals surface area contributed by atoms with Crippen LogP contribution in [0.3, 0.4) is 0 Å². The largest absolute Gasteiger partial charge is 0.485 e. The second kappa shape index (κ2) is 7.06. The third-order valence-corrected chi connectivity index (χ3v) is 3.32. The number of likely N-dealkylation sites (tertiary alicyclic amines) is 1. The smallest absolute Gasteiger partial charge is 0.321 e. The molecule has 1 aromatic carbocycles. The number of amides is 2. The maximum Gasteiger partial charge on any atom is 0.321 e. The van der Waals surface area contributed by atoms with E-state index >= 15 is 0 Å². The van der Waals surface area contributed by atoms with E-state index in [1.807, 2.05) is 0 Å². The summed E-state index contributed by atoms with van der Waals surface area (Å²) in [5.74, 6) is -1.36. The van der Waals surface area contributed by atoms with Crippen LogP contribution < -0.4 is 10.1 Å². The van der Waals surface area contributed by atoms with Crippen molar-refractivity contribution in [2.45, 2.75) is 12.8 Å². The van der Waals surface area contributed by atoms with Gasteiger partial charge < -0.3 is 20.1 Å². The van der Waals surface area contributed by atoms with Gasteiger partial charge in [-0.3, -0.25) is 4.79 Å². The number of nitrogens with zero attached hydrogens (tertiary/aromatic N) is 1. The highest BCUT2D eigenvalue weighted by molar-refractivity contribution is 5.91. The van der Waals surface area contributed by atoms with Crippen molar-refractivity contribution < 1.29 is 28.2 Å². The second-order valence-electron chi connectivity index (χ2n) is 4.90. The fraction of sp³-hybridized carbons (Fsp3) is 0.429. The Kier molecular flexibility index (Phi) is 5.13. The summed E-state index contributed by atoms with van der Waals surface area (Å²) in [5.41, 5.74) is 0.270. The summed E-state index contributed by atoms with van der Waals surface area (Å²) in [6.07, 6.45) is -2.22. The highest BCUT2D eigenvalue weighted by atomic mass is 19.3. The number of alkyl halides is 2. The van der Waals surface area contributed by atoms with Crippen LogP contribution in [0.25, 0.3) is 0 Å². The average molecular weight is 314 g/mol. The molecule has 1 aliphatic rings. The third kappa shape index (κ3) is 4.06. The minimum Gasteiger partial charge on any atom is -0.485 e. The third-order valence-electron chi connectivity index (χ3n) is 3.32. The Morgan fingerprint density at radius 3 is 2.77 bits per heavy atom. The van der Waals surface area contributed by atoms with Gasteiger partial charge in [-0.25, -0.2) is 13.6 Å². The lowest BCUT2D eigenvalue weighted by Gasteiger charge is -2.18. The number of aliphatic carboxylic acids is 1. The number of nitrogens with one attached hydrogen (secondary N) is 1. The zero-order valence-electron chi connectivity index (χ0n) is 11.7. The first-order valence-corrected chi connectivity index (χ1v) is 6.76. The molecule has 120 valence electrons. The Labute approximate surface area is 125 Å². The SMILES string of the molecule is O=C(O)C1CCN(C(=O)Nc2ccccc2OCC(F)F)C1. The van der Waals surface area contributed by atoms with E-state index in [-0.39, 0.29) is 18.0 Å². The predicted molar refractivity (Wildman–Crippen MR) is 74.3 cm³/mol. The molecule has 0 radical (unpaired) electrons. The van der Waals surface area contributed by atoms with Crippen molar-refractivity contribution in [2.75, 3.05) is 25.0 Å². The van der Waals surface area contributed by atoms with Gasteiger partial charge in [-0.2, -0.15) is 0 Å². The number of carboxylic acids is 1. The van der Waals surface area contributed by atoms with Crippen LogP contribution in [0.4, 0.5) is 19.3 Å². The van der Waals surface area contributed by atoms with Gasteiger partial charge in [0.25, 0.3) is 6.43 Å². The number of anilines is 1. The minimum absolute atomic E-state index is 0.126. The first-order valence-electron chi connectivity index (χ1n) is 6.76. The molecule has 1 unspecified atom stereocenters. The number of rotatable bonds is 5. The molecule has 1 heterocycles. The molecule has 0 saturated carbocycles. The second-order valence-corrected chi connectivity index (χ2v) is 4.90. The van der Waals surface area contributed by atoms with Crippen LogP contribution in [-0.2, 0) is 4.79 Å². The Morgan fingerprint density at radius 1 is 1.41 bits per heavy atom. The van der Waals surface area contributed by atoms with E-state index in [9.17, 15) is 18.4 Å². The number of ether oxygens (including phenoxy) is 1. The number of carboxylic acid groups (broad SMARTS) is 1. The van der Waals surface area contributed by atoms with Gasteiger partial charge in [-0.1, -0.05) is 12.1 Å². The molecule has 2 amide bonds. The van der Waals surface area contributed by atoms with Gasteiger partial charge in [0.05, 0.1) is 11.6 Å². The molecule has 2 N–H and O–H groups in total. The summed E-state index contributed by atoms with van der Waals surface area (Å²) < 4.78 is 29.3. The van der Waals surface area contributed by atoms with Crippen LogP contribution in [0.2, 0.25) is 0 Å². The Balaban J connectivity index is 1.98. The molecular formula is C14H16F2N2O4. The van der Waals surface area contributed by atoms with Gasteiger partial charge in [-0.15, -0.1) is 0 Å². The van der Waals surface area contributed by atoms with Crippen LogP contribution in [0.15, 0.2) is 24.3 Å². The van der Waals surface area contributed by atoms with Gasteiger partial charge >= 0.3 is 12.0 Å². The molecule has 1 fully saturated rings. The minimum atomic E-state index is -2.61. The van der Waals surface area contributed by atoms with Gasteiger partial charge in [0.2, 0.25) is 0 Å². The van der Waals surface area contributed by atoms with E-state index in [1.54, 1.807) is 12.1 Å². The van der Waals surface area contributed by atoms with Crippen LogP contribution in [0, 0.1) is 5.92 Å². The maximum absolute atomic E-state index is 12.2. The fourth-order valence-corrected chi connectivity index (χ4v) is 2.19. The molecular weight excluding hydrogens is 298 g/mol. The number of urea groups is 1. The molecule has 1 aromatic rings. The van der Waals surface area contributed by atoms with Crippen molar-refractivity contribution in [1.82, 2.24) is 4.90 Å². The number of hydrogen-bond acceptors (Lipinski definition) is 3. The highest BCUT2D eigenvalue weighted by Crippen LogP contribution is 2.25. The van der Waals surface area contributed by atoms with Crippen molar-refractivity contribution in [3.63, 3.8) is 0 Å². The van der Waals surface area contributed by atoms with Gasteiger partial charge in [-0.05, 0) is 18.6 Å². The number of carbonyl (C=O) groups is 2. The van der Waals surface area contributed by atoms with Gasteiger partial charge in [0.15, 0.2) is 0 Å². The topological polar surface area (TPSA) is 78.9 Å². The summed E-state index contributed by atoms with van der Waals surface area (Å²) in [4.78, 5) is 24.4. The normalized spacial score (nSPS) is 17.6. The number of halogens is 2. The van der Waals surface area contributed by atoms with E-state index in [2.05, 4.69) is 5.32 Å². The van der Waals surface area contributed by atoms with Crippen molar-refractivity contribution >= 4 is 17.7 Å². The number of para-hydroxylation sites is 2. The first kappa shape index (κ1) is 16.0. The first-order chi connectivity index (χ1) is 10.5. The molecule has 0 bridgehead atoms. The van der Waals surface area contributed by atoms with Gasteiger partial charge in [0.1, 0.15) is 12.4 Å². The molecule has 2 rings (SSSR count). The Hall–Kier alpha value is -2.38. The average Bonchev–Trinajstić information content (AvgIpc) is 2.96. The van der Waals surface area contributed by atoms with Crippen molar-refractivity contribution in [3.05, 3.63) is 24.3 Å². The summed E-state index contributed by atoms with van der Waals surface area (Å²) >= 11 is 0. The lowest BCUT2D eigenvalue weighted by molar-refractivity contribution is -0.141. The van der Waals surface area contributed by atoms with E-state index in [4.69, 9.17) is 9.84 Å². The summed E-state index contributed by atoms with van der Waals surface area (Å²) in [6, 6.07) is 5.77. The fourth-order valence-electron chi connectivity index (χ4n) is 2.19. The quantitative estimate of drug-likeness (QED) is 0.874. The number of hydrogen-bond donors (Lipinski definition) is 2. The predicted octanol–water partition coefficient (Wildman–Crippen LogP) is 2.27. The van der Waals surface area contributed by atoms with Gasteiger partial charge in [0, 0.05) is 13.1 Å². The van der Waals surface area contributed by atoms with E-state index in [1.165, 1.54) is 17.0 Å². The number of carbonyl (C=O) groups excluding carboxylic acids is 1. The molecule has 1 saturated heterocycles. The van der Waals surface area contributed by atoms with Crippen LogP contribution in [0.5, 0.6) is 5.75 Å². The van der Waals surface area contributed by atoms with Crippen LogP contribution in [0.1, 0.15) is 6.42 Å². The Morgan fingerprint density at radius 2 is 2.14 bits per heavy atom. The lowest BCUT2D eigenvalue weighted by Crippen LogP contribution is -2.33. The molecule has 0 aromatic heterocycles. The Bertz CT molecular complexity index is 553. The van der Waals surface area contributed by atoms with Crippen LogP contribution in [-0.4, -0.2) is 48.1 Å². The van der Waals surface area contributed by atoms with E-state index in [0.29, 0.717) is 13.0 Å². The maximum atomic E-state index is 12.2. The van der Waals surface area contributed by atoms with E-state index in [0.717, 1.165) is 0 Å². The van der Waals surface area contributed by atoms with Crippen molar-refractivity contribution in [1.29, 1.82) is 0 Å². The standard InChI is InChI=1S/C14H16F2N2O4/c15-12(16)8-22-11-4-2-1-3-10(11)17-14(21)18-6-5-9(7-18)13(19)20/h1-4,9,12H,5-8H2,(H,17,21)(H,19,20). The molecule has 22 heavy (non-hydrogen) atoms. The molecule has 1 atom stereocenters. The lowest BCUT2D eigenvalue weighted by atomic mass is 10.1. The number of benzene rings is 1. The van der Waals surface area contributed by atoms with Crippen LogP contribution >= 0.6 is 0 Å².